The van der Waals surface area contributed by atoms with E-state index in [9.17, 15) is 0 Å². The van der Waals surface area contributed by atoms with Crippen molar-refractivity contribution < 1.29 is 9.47 Å². The van der Waals surface area contributed by atoms with Gasteiger partial charge in [-0.25, -0.2) is 0 Å². The lowest BCUT2D eigenvalue weighted by Crippen LogP contribution is -2.16. The third-order valence-corrected chi connectivity index (χ3v) is 3.27. The summed E-state index contributed by atoms with van der Waals surface area (Å²) in [4.78, 5) is 4.12. The van der Waals surface area contributed by atoms with Crippen LogP contribution in [0.1, 0.15) is 18.5 Å². The van der Waals surface area contributed by atoms with E-state index >= 15 is 0 Å². The van der Waals surface area contributed by atoms with Crippen LogP contribution in [0, 0.1) is 0 Å². The average molecular weight is 271 g/mol. The van der Waals surface area contributed by atoms with Gasteiger partial charge >= 0.3 is 0 Å². The number of nitrogens with one attached hydrogen (secondary N) is 1. The quantitative estimate of drug-likeness (QED) is 0.840. The van der Waals surface area contributed by atoms with Crippen LogP contribution in [-0.2, 0) is 0 Å². The first kappa shape index (κ1) is 12.6. The number of pyridine rings is 1. The van der Waals surface area contributed by atoms with Gasteiger partial charge in [-0.3, -0.25) is 4.98 Å². The van der Waals surface area contributed by atoms with E-state index in [0.717, 1.165) is 17.0 Å². The van der Waals surface area contributed by atoms with Crippen LogP contribution in [0.5, 0.6) is 11.5 Å². The lowest BCUT2D eigenvalue weighted by atomic mass is 10.1. The van der Waals surface area contributed by atoms with E-state index in [4.69, 9.17) is 15.2 Å². The smallest absolute Gasteiger partial charge is 0.163 e. The second-order valence-electron chi connectivity index (χ2n) is 4.74. The SMILES string of the molecule is CC(Nc1cc2c(cc1N)OCCO2)c1cccnc1. The Hall–Kier alpha value is -2.43. The minimum atomic E-state index is 0.105. The molecule has 3 rings (SSSR count). The summed E-state index contributed by atoms with van der Waals surface area (Å²) in [5, 5.41) is 3.38. The number of aromatic nitrogens is 1. The molecule has 0 fully saturated rings. The number of nitrogens with two attached hydrogens (primary N) is 1. The second-order valence-corrected chi connectivity index (χ2v) is 4.74. The number of fused-ring (bicyclic) bond motifs is 1. The summed E-state index contributed by atoms with van der Waals surface area (Å²) in [6.45, 7) is 3.19. The minimum absolute atomic E-state index is 0.105. The van der Waals surface area contributed by atoms with Crippen molar-refractivity contribution >= 4 is 11.4 Å². The van der Waals surface area contributed by atoms with Crippen molar-refractivity contribution in [3.8, 4) is 11.5 Å². The van der Waals surface area contributed by atoms with Gasteiger partial charge in [-0.1, -0.05) is 6.07 Å². The van der Waals surface area contributed by atoms with E-state index < -0.39 is 0 Å². The number of hydrogen-bond donors (Lipinski definition) is 2. The van der Waals surface area contributed by atoms with Crippen molar-refractivity contribution in [2.75, 3.05) is 24.3 Å². The lowest BCUT2D eigenvalue weighted by molar-refractivity contribution is 0.172. The maximum Gasteiger partial charge on any atom is 0.163 e. The summed E-state index contributed by atoms with van der Waals surface area (Å²) < 4.78 is 11.1. The predicted octanol–water partition coefficient (Wildman–Crippen LogP) is 2.61. The number of nitrogen functional groups attached to an aromatic ring is 1. The fourth-order valence-electron chi connectivity index (χ4n) is 2.18. The molecule has 5 heteroatoms. The first-order valence-corrected chi connectivity index (χ1v) is 6.59. The molecule has 0 amide bonds. The summed E-state index contributed by atoms with van der Waals surface area (Å²) in [7, 11) is 0. The highest BCUT2D eigenvalue weighted by Crippen LogP contribution is 2.38. The molecule has 1 aliphatic heterocycles. The number of rotatable bonds is 3. The minimum Gasteiger partial charge on any atom is -0.486 e. The zero-order valence-corrected chi connectivity index (χ0v) is 11.3. The predicted molar refractivity (Wildman–Crippen MR) is 78.1 cm³/mol. The number of anilines is 2. The van der Waals surface area contributed by atoms with Gasteiger partial charge < -0.3 is 20.5 Å². The molecule has 0 aliphatic carbocycles. The Kier molecular flexibility index (Phi) is 3.33. The van der Waals surface area contributed by atoms with Crippen LogP contribution < -0.4 is 20.5 Å². The molecule has 0 saturated heterocycles. The van der Waals surface area contributed by atoms with E-state index in [-0.39, 0.29) is 6.04 Å². The van der Waals surface area contributed by atoms with Crippen LogP contribution in [-0.4, -0.2) is 18.2 Å². The monoisotopic (exact) mass is 271 g/mol. The topological polar surface area (TPSA) is 69.4 Å². The molecule has 0 spiro atoms. The molecule has 1 aromatic heterocycles. The van der Waals surface area contributed by atoms with E-state index in [1.165, 1.54) is 0 Å². The molecule has 104 valence electrons. The maximum atomic E-state index is 6.06. The van der Waals surface area contributed by atoms with Crippen LogP contribution >= 0.6 is 0 Å². The molecular weight excluding hydrogens is 254 g/mol. The highest BCUT2D eigenvalue weighted by molar-refractivity contribution is 5.72. The van der Waals surface area contributed by atoms with Crippen molar-refractivity contribution in [1.29, 1.82) is 0 Å². The van der Waals surface area contributed by atoms with Crippen LogP contribution in [0.15, 0.2) is 36.7 Å². The molecule has 2 heterocycles. The number of hydrogen-bond acceptors (Lipinski definition) is 5. The van der Waals surface area contributed by atoms with Gasteiger partial charge in [0.25, 0.3) is 0 Å². The second kappa shape index (κ2) is 5.28. The number of nitrogens with zero attached hydrogens (tertiary/aromatic N) is 1. The van der Waals surface area contributed by atoms with Crippen LogP contribution in [0.2, 0.25) is 0 Å². The number of ether oxygens (including phenoxy) is 2. The fourth-order valence-corrected chi connectivity index (χ4v) is 2.18. The zero-order chi connectivity index (χ0) is 13.9. The maximum absolute atomic E-state index is 6.06. The van der Waals surface area contributed by atoms with Crippen molar-refractivity contribution in [2.45, 2.75) is 13.0 Å². The van der Waals surface area contributed by atoms with Crippen LogP contribution in [0.3, 0.4) is 0 Å². The van der Waals surface area contributed by atoms with Gasteiger partial charge in [-0.2, -0.15) is 0 Å². The third-order valence-electron chi connectivity index (χ3n) is 3.27. The highest BCUT2D eigenvalue weighted by Gasteiger charge is 2.16. The first-order chi connectivity index (χ1) is 9.74. The van der Waals surface area contributed by atoms with Crippen molar-refractivity contribution in [3.63, 3.8) is 0 Å². The van der Waals surface area contributed by atoms with Gasteiger partial charge in [0.05, 0.1) is 17.4 Å². The first-order valence-electron chi connectivity index (χ1n) is 6.59. The van der Waals surface area contributed by atoms with Crippen molar-refractivity contribution in [2.24, 2.45) is 0 Å². The summed E-state index contributed by atoms with van der Waals surface area (Å²) in [5.74, 6) is 1.43. The van der Waals surface area contributed by atoms with Gasteiger partial charge in [0.1, 0.15) is 13.2 Å². The van der Waals surface area contributed by atoms with Crippen LogP contribution in [0.25, 0.3) is 0 Å². The molecule has 3 N–H and O–H groups in total. The normalized spacial score (nSPS) is 14.7. The Morgan fingerprint density at radius 1 is 1.25 bits per heavy atom. The summed E-state index contributed by atoms with van der Waals surface area (Å²) in [6, 6.07) is 7.73. The molecule has 1 atom stereocenters. The lowest BCUT2D eigenvalue weighted by Gasteiger charge is -2.22. The van der Waals surface area contributed by atoms with Gasteiger partial charge in [-0.05, 0) is 18.6 Å². The molecule has 0 bridgehead atoms. The Morgan fingerprint density at radius 2 is 2.00 bits per heavy atom. The zero-order valence-electron chi connectivity index (χ0n) is 11.3. The van der Waals surface area contributed by atoms with E-state index in [2.05, 4.69) is 17.2 Å². The number of benzene rings is 1. The van der Waals surface area contributed by atoms with Gasteiger partial charge in [0, 0.05) is 24.5 Å². The highest BCUT2D eigenvalue weighted by atomic mass is 16.6. The van der Waals surface area contributed by atoms with Gasteiger partial charge in [0.15, 0.2) is 11.5 Å². The largest absolute Gasteiger partial charge is 0.486 e. The Bertz CT molecular complexity index is 602. The Labute approximate surface area is 117 Å². The third kappa shape index (κ3) is 2.47. The molecule has 5 nitrogen and oxygen atoms in total. The summed E-state index contributed by atoms with van der Waals surface area (Å²) in [5.41, 5.74) is 8.64. The van der Waals surface area contributed by atoms with E-state index in [0.29, 0.717) is 24.7 Å². The van der Waals surface area contributed by atoms with Gasteiger partial charge in [-0.15, -0.1) is 0 Å². The fraction of sp³-hybridized carbons (Fsp3) is 0.267. The Morgan fingerprint density at radius 3 is 2.70 bits per heavy atom. The van der Waals surface area contributed by atoms with Crippen LogP contribution in [0.4, 0.5) is 11.4 Å². The average Bonchev–Trinajstić information content (AvgIpc) is 2.49. The molecular formula is C15H17N3O2. The summed E-state index contributed by atoms with van der Waals surface area (Å²) >= 11 is 0. The molecule has 20 heavy (non-hydrogen) atoms. The van der Waals surface area contributed by atoms with E-state index in [1.54, 1.807) is 12.3 Å². The Balaban J connectivity index is 1.84. The molecule has 2 aromatic rings. The standard InChI is InChI=1S/C15H17N3O2/c1-10(11-3-2-4-17-9-11)18-13-8-15-14(7-12(13)16)19-5-6-20-15/h2-4,7-10,18H,5-6,16H2,1H3. The van der Waals surface area contributed by atoms with E-state index in [1.807, 2.05) is 24.4 Å². The molecule has 0 radical (unpaired) electrons. The molecule has 1 aromatic carbocycles. The van der Waals surface area contributed by atoms with Gasteiger partial charge in [0.2, 0.25) is 0 Å². The molecule has 1 unspecified atom stereocenters. The molecule has 0 saturated carbocycles. The molecule has 1 aliphatic rings. The van der Waals surface area contributed by atoms with Crippen molar-refractivity contribution in [1.82, 2.24) is 4.98 Å². The summed E-state index contributed by atoms with van der Waals surface area (Å²) in [6.07, 6.45) is 3.60. The van der Waals surface area contributed by atoms with Crippen molar-refractivity contribution in [3.05, 3.63) is 42.2 Å².